The first kappa shape index (κ1) is 23.4. The van der Waals surface area contributed by atoms with E-state index in [1.54, 1.807) is 4.90 Å². The molecule has 4 rings (SSSR count). The number of benzene rings is 1. The SMILES string of the molecule is Cc1ccc(NC(=O)c2nnc(C(=O)N3CCC[C@@H](C(=O)NC4CCCCCC4)C3)s2)cc1. The zero-order valence-corrected chi connectivity index (χ0v) is 19.8. The van der Waals surface area contributed by atoms with Crippen LogP contribution < -0.4 is 10.6 Å². The van der Waals surface area contributed by atoms with Gasteiger partial charge in [-0.1, -0.05) is 54.7 Å². The summed E-state index contributed by atoms with van der Waals surface area (Å²) < 4.78 is 0. The highest BCUT2D eigenvalue weighted by Gasteiger charge is 2.31. The third kappa shape index (κ3) is 6.16. The van der Waals surface area contributed by atoms with Crippen LogP contribution in [0.5, 0.6) is 0 Å². The molecule has 0 spiro atoms. The summed E-state index contributed by atoms with van der Waals surface area (Å²) in [4.78, 5) is 40.0. The van der Waals surface area contributed by atoms with Crippen LogP contribution in [0, 0.1) is 12.8 Å². The van der Waals surface area contributed by atoms with Crippen molar-refractivity contribution in [1.82, 2.24) is 20.4 Å². The van der Waals surface area contributed by atoms with E-state index in [-0.39, 0.29) is 33.8 Å². The Labute approximate surface area is 198 Å². The second-order valence-electron chi connectivity index (χ2n) is 9.02. The number of carbonyl (C=O) groups excluding carboxylic acids is 3. The average molecular weight is 470 g/mol. The molecule has 2 heterocycles. The quantitative estimate of drug-likeness (QED) is 0.649. The third-order valence-electron chi connectivity index (χ3n) is 6.39. The Morgan fingerprint density at radius 2 is 1.64 bits per heavy atom. The minimum atomic E-state index is -0.394. The number of aromatic nitrogens is 2. The fourth-order valence-electron chi connectivity index (χ4n) is 4.48. The first-order valence-corrected chi connectivity index (χ1v) is 12.6. The van der Waals surface area contributed by atoms with Crippen molar-refractivity contribution in [2.45, 2.75) is 64.3 Å². The van der Waals surface area contributed by atoms with E-state index in [0.717, 1.165) is 55.4 Å². The maximum atomic E-state index is 13.0. The Hall–Kier alpha value is -2.81. The predicted molar refractivity (Wildman–Crippen MR) is 127 cm³/mol. The molecule has 2 aromatic rings. The zero-order valence-electron chi connectivity index (χ0n) is 19.0. The van der Waals surface area contributed by atoms with Gasteiger partial charge in [0.15, 0.2) is 0 Å². The van der Waals surface area contributed by atoms with E-state index in [1.165, 1.54) is 12.8 Å². The predicted octanol–water partition coefficient (Wildman–Crippen LogP) is 3.79. The van der Waals surface area contributed by atoms with Gasteiger partial charge in [-0.2, -0.15) is 0 Å². The number of piperidine rings is 1. The standard InChI is InChI=1S/C24H31N5O3S/c1-16-10-12-19(13-11-16)26-21(31)22-27-28-23(33-22)24(32)29-14-6-7-17(15-29)20(30)25-18-8-4-2-3-5-9-18/h10-13,17-18H,2-9,14-15H2,1H3,(H,25,30)(H,26,31)/t17-/m1/s1. The minimum Gasteiger partial charge on any atom is -0.353 e. The molecular weight excluding hydrogens is 438 g/mol. The van der Waals surface area contributed by atoms with Crippen molar-refractivity contribution in [1.29, 1.82) is 0 Å². The van der Waals surface area contributed by atoms with Crippen molar-refractivity contribution in [2.75, 3.05) is 18.4 Å². The number of amides is 3. The van der Waals surface area contributed by atoms with Crippen molar-refractivity contribution in [3.8, 4) is 0 Å². The minimum absolute atomic E-state index is 0.0508. The van der Waals surface area contributed by atoms with Crippen LogP contribution >= 0.6 is 11.3 Å². The summed E-state index contributed by atoms with van der Waals surface area (Å²) in [5.74, 6) is -0.818. The number of aryl methyl sites for hydroxylation is 1. The molecule has 1 atom stereocenters. The smallest absolute Gasteiger partial charge is 0.286 e. The summed E-state index contributed by atoms with van der Waals surface area (Å²) in [5.41, 5.74) is 1.76. The Kier molecular flexibility index (Phi) is 7.69. The lowest BCUT2D eigenvalue weighted by Gasteiger charge is -2.32. The molecule has 33 heavy (non-hydrogen) atoms. The normalized spacial score (nSPS) is 19.5. The van der Waals surface area contributed by atoms with Gasteiger partial charge >= 0.3 is 0 Å². The van der Waals surface area contributed by atoms with E-state index < -0.39 is 5.91 Å². The highest BCUT2D eigenvalue weighted by Crippen LogP contribution is 2.23. The summed E-state index contributed by atoms with van der Waals surface area (Å²) in [6, 6.07) is 7.69. The number of hydrogen-bond acceptors (Lipinski definition) is 6. The van der Waals surface area contributed by atoms with Crippen molar-refractivity contribution in [3.05, 3.63) is 39.8 Å². The summed E-state index contributed by atoms with van der Waals surface area (Å²) in [6.07, 6.45) is 8.44. The highest BCUT2D eigenvalue weighted by molar-refractivity contribution is 7.15. The number of rotatable bonds is 5. The first-order valence-electron chi connectivity index (χ1n) is 11.8. The average Bonchev–Trinajstić information content (AvgIpc) is 3.19. The van der Waals surface area contributed by atoms with Crippen LogP contribution in [0.1, 0.15) is 76.5 Å². The first-order chi connectivity index (χ1) is 16.0. The Balaban J connectivity index is 1.33. The number of likely N-dealkylation sites (tertiary alicyclic amines) is 1. The van der Waals surface area contributed by atoms with Crippen LogP contribution in [0.15, 0.2) is 24.3 Å². The Morgan fingerprint density at radius 1 is 0.939 bits per heavy atom. The van der Waals surface area contributed by atoms with Gasteiger partial charge in [-0.15, -0.1) is 10.2 Å². The van der Waals surface area contributed by atoms with Crippen LogP contribution in [0.2, 0.25) is 0 Å². The third-order valence-corrected chi connectivity index (χ3v) is 7.30. The lowest BCUT2D eigenvalue weighted by Crippen LogP contribution is -2.47. The van der Waals surface area contributed by atoms with Gasteiger partial charge in [0.1, 0.15) is 0 Å². The Bertz CT molecular complexity index is 982. The van der Waals surface area contributed by atoms with E-state index >= 15 is 0 Å². The number of hydrogen-bond donors (Lipinski definition) is 2. The maximum absolute atomic E-state index is 13.0. The second-order valence-corrected chi connectivity index (χ2v) is 10.00. The van der Waals surface area contributed by atoms with Crippen molar-refractivity contribution in [3.63, 3.8) is 0 Å². The van der Waals surface area contributed by atoms with Gasteiger partial charge in [-0.3, -0.25) is 14.4 Å². The summed E-state index contributed by atoms with van der Waals surface area (Å²) in [6.45, 7) is 2.93. The van der Waals surface area contributed by atoms with Gasteiger partial charge in [-0.05, 0) is 44.7 Å². The largest absolute Gasteiger partial charge is 0.353 e. The maximum Gasteiger partial charge on any atom is 0.286 e. The monoisotopic (exact) mass is 469 g/mol. The van der Waals surface area contributed by atoms with Gasteiger partial charge in [0.05, 0.1) is 5.92 Å². The van der Waals surface area contributed by atoms with Crippen LogP contribution in [-0.2, 0) is 4.79 Å². The molecule has 1 aromatic carbocycles. The van der Waals surface area contributed by atoms with E-state index in [0.29, 0.717) is 18.8 Å². The summed E-state index contributed by atoms with van der Waals surface area (Å²) >= 11 is 0.980. The molecule has 1 aliphatic carbocycles. The molecule has 2 aliphatic rings. The molecular formula is C24H31N5O3S. The fraction of sp³-hybridized carbons (Fsp3) is 0.542. The molecule has 8 nitrogen and oxygen atoms in total. The lowest BCUT2D eigenvalue weighted by atomic mass is 9.96. The van der Waals surface area contributed by atoms with Crippen LogP contribution in [0.4, 0.5) is 5.69 Å². The van der Waals surface area contributed by atoms with E-state index in [4.69, 9.17) is 0 Å². The number of anilines is 1. The highest BCUT2D eigenvalue weighted by atomic mass is 32.1. The topological polar surface area (TPSA) is 104 Å². The van der Waals surface area contributed by atoms with Gasteiger partial charge in [-0.25, -0.2) is 0 Å². The van der Waals surface area contributed by atoms with E-state index in [2.05, 4.69) is 20.8 Å². The summed E-state index contributed by atoms with van der Waals surface area (Å²) in [5, 5.41) is 14.2. The van der Waals surface area contributed by atoms with Gasteiger partial charge < -0.3 is 15.5 Å². The van der Waals surface area contributed by atoms with E-state index in [9.17, 15) is 14.4 Å². The van der Waals surface area contributed by atoms with Gasteiger partial charge in [0, 0.05) is 24.8 Å². The molecule has 176 valence electrons. The number of nitrogens with one attached hydrogen (secondary N) is 2. The van der Waals surface area contributed by atoms with Crippen molar-refractivity contribution >= 4 is 34.7 Å². The second kappa shape index (κ2) is 10.9. The van der Waals surface area contributed by atoms with Gasteiger partial charge in [0.25, 0.3) is 11.8 Å². The van der Waals surface area contributed by atoms with Crippen molar-refractivity contribution in [2.24, 2.45) is 5.92 Å². The molecule has 2 fully saturated rings. The fourth-order valence-corrected chi connectivity index (χ4v) is 5.18. The molecule has 2 N–H and O–H groups in total. The van der Waals surface area contributed by atoms with Crippen LogP contribution in [0.3, 0.4) is 0 Å². The van der Waals surface area contributed by atoms with Crippen LogP contribution in [0.25, 0.3) is 0 Å². The van der Waals surface area contributed by atoms with Crippen molar-refractivity contribution < 1.29 is 14.4 Å². The number of nitrogens with zero attached hydrogens (tertiary/aromatic N) is 3. The molecule has 0 radical (unpaired) electrons. The Morgan fingerprint density at radius 3 is 2.36 bits per heavy atom. The molecule has 0 bridgehead atoms. The molecule has 1 saturated heterocycles. The zero-order chi connectivity index (χ0) is 23.2. The van der Waals surface area contributed by atoms with Crippen LogP contribution in [-0.4, -0.2) is 52.0 Å². The van der Waals surface area contributed by atoms with Gasteiger partial charge in [0.2, 0.25) is 15.9 Å². The molecule has 0 unspecified atom stereocenters. The molecule has 1 aliphatic heterocycles. The molecule has 1 saturated carbocycles. The molecule has 1 aromatic heterocycles. The molecule has 9 heteroatoms. The molecule has 3 amide bonds. The number of carbonyl (C=O) groups is 3. The lowest BCUT2D eigenvalue weighted by molar-refractivity contribution is -0.127. The summed E-state index contributed by atoms with van der Waals surface area (Å²) in [7, 11) is 0. The van der Waals surface area contributed by atoms with E-state index in [1.807, 2.05) is 31.2 Å².